The van der Waals surface area contributed by atoms with Crippen molar-refractivity contribution in [1.82, 2.24) is 4.57 Å². The summed E-state index contributed by atoms with van der Waals surface area (Å²) >= 11 is 0. The molecule has 0 amide bonds. The van der Waals surface area contributed by atoms with E-state index in [9.17, 15) is 0 Å². The fraction of sp³-hybridized carbons (Fsp3) is 0. The van der Waals surface area contributed by atoms with Gasteiger partial charge in [0.25, 0.3) is 0 Å². The molecular formula is C66H44N2O. The van der Waals surface area contributed by atoms with Gasteiger partial charge in [-0.3, -0.25) is 0 Å². The smallest absolute Gasteiger partial charge is 0.143 e. The normalized spacial score (nSPS) is 11.5. The van der Waals surface area contributed by atoms with E-state index in [1.165, 1.54) is 55.3 Å². The molecular weight excluding hydrogens is 837 g/mol. The topological polar surface area (TPSA) is 21.3 Å². The second kappa shape index (κ2) is 16.9. The van der Waals surface area contributed by atoms with Crippen molar-refractivity contribution in [3.05, 3.63) is 267 Å². The van der Waals surface area contributed by atoms with Gasteiger partial charge in [-0.1, -0.05) is 200 Å². The number of rotatable bonds is 9. The summed E-state index contributed by atoms with van der Waals surface area (Å²) < 4.78 is 8.83. The molecule has 13 aromatic rings. The number of anilines is 3. The van der Waals surface area contributed by atoms with Gasteiger partial charge in [0.15, 0.2) is 0 Å². The molecule has 0 aliphatic carbocycles. The van der Waals surface area contributed by atoms with Crippen LogP contribution in [0.3, 0.4) is 0 Å². The summed E-state index contributed by atoms with van der Waals surface area (Å²) in [5.74, 6) is 0. The second-order valence-corrected chi connectivity index (χ2v) is 17.7. The maximum absolute atomic E-state index is 6.43. The van der Waals surface area contributed by atoms with Crippen LogP contribution in [0.15, 0.2) is 271 Å². The Morgan fingerprint density at radius 1 is 0.275 bits per heavy atom. The summed E-state index contributed by atoms with van der Waals surface area (Å²) in [6, 6.07) is 96.0. The molecule has 0 unspecified atom stereocenters. The Hall–Kier alpha value is -9.18. The highest BCUT2D eigenvalue weighted by atomic mass is 16.3. The number of hydrogen-bond donors (Lipinski definition) is 0. The fourth-order valence-corrected chi connectivity index (χ4v) is 10.3. The third-order valence-corrected chi connectivity index (χ3v) is 13.6. The van der Waals surface area contributed by atoms with Crippen LogP contribution < -0.4 is 4.90 Å². The molecule has 2 heterocycles. The van der Waals surface area contributed by atoms with Crippen LogP contribution in [0.2, 0.25) is 0 Å². The number of aromatic nitrogens is 1. The minimum absolute atomic E-state index is 0.906. The Morgan fingerprint density at radius 3 is 1.33 bits per heavy atom. The quantitative estimate of drug-likeness (QED) is 0.144. The van der Waals surface area contributed by atoms with Crippen LogP contribution >= 0.6 is 0 Å². The highest BCUT2D eigenvalue weighted by Crippen LogP contribution is 2.41. The van der Waals surface area contributed by atoms with Crippen molar-refractivity contribution in [2.75, 3.05) is 4.90 Å². The summed E-state index contributed by atoms with van der Waals surface area (Å²) in [4.78, 5) is 2.34. The van der Waals surface area contributed by atoms with Gasteiger partial charge >= 0.3 is 0 Å². The molecule has 13 rings (SSSR count). The van der Waals surface area contributed by atoms with Crippen LogP contribution in [0.4, 0.5) is 17.1 Å². The average Bonchev–Trinajstić information content (AvgIpc) is 3.98. The molecule has 0 saturated heterocycles. The van der Waals surface area contributed by atoms with Crippen LogP contribution in [0.5, 0.6) is 0 Å². The van der Waals surface area contributed by atoms with Crippen molar-refractivity contribution >= 4 is 60.8 Å². The molecule has 0 spiro atoms. The highest BCUT2D eigenvalue weighted by Gasteiger charge is 2.18. The Bertz CT molecular complexity index is 3920. The minimum Gasteiger partial charge on any atom is -0.455 e. The second-order valence-electron chi connectivity index (χ2n) is 17.7. The fourth-order valence-electron chi connectivity index (χ4n) is 10.3. The number of furan rings is 1. The van der Waals surface area contributed by atoms with Gasteiger partial charge in [0, 0.05) is 49.7 Å². The maximum atomic E-state index is 6.43. The van der Waals surface area contributed by atoms with Crippen LogP contribution in [-0.2, 0) is 0 Å². The van der Waals surface area contributed by atoms with Crippen molar-refractivity contribution in [3.63, 3.8) is 0 Å². The van der Waals surface area contributed by atoms with Gasteiger partial charge in [-0.05, 0) is 111 Å². The molecule has 2 aromatic heterocycles. The molecule has 3 nitrogen and oxygen atoms in total. The van der Waals surface area contributed by atoms with Gasteiger partial charge in [0.05, 0.1) is 16.7 Å². The average molecular weight is 881 g/mol. The molecule has 0 aliphatic rings. The molecule has 0 radical (unpaired) electrons. The van der Waals surface area contributed by atoms with Gasteiger partial charge < -0.3 is 13.9 Å². The molecule has 0 saturated carbocycles. The third-order valence-electron chi connectivity index (χ3n) is 13.6. The number of para-hydroxylation sites is 5. The van der Waals surface area contributed by atoms with Crippen molar-refractivity contribution in [2.24, 2.45) is 0 Å². The van der Waals surface area contributed by atoms with E-state index in [0.29, 0.717) is 0 Å². The summed E-state index contributed by atoms with van der Waals surface area (Å²) in [5.41, 5.74) is 20.2. The van der Waals surface area contributed by atoms with E-state index >= 15 is 0 Å². The van der Waals surface area contributed by atoms with E-state index in [2.05, 4.69) is 264 Å². The lowest BCUT2D eigenvalue weighted by Gasteiger charge is -2.26. The lowest BCUT2D eigenvalue weighted by molar-refractivity contribution is 0.670. The lowest BCUT2D eigenvalue weighted by Crippen LogP contribution is -2.09. The van der Waals surface area contributed by atoms with Gasteiger partial charge in [-0.2, -0.15) is 0 Å². The summed E-state index contributed by atoms with van der Waals surface area (Å²) in [6.45, 7) is 0. The molecule has 0 aliphatic heterocycles. The van der Waals surface area contributed by atoms with Crippen molar-refractivity contribution in [2.45, 2.75) is 0 Å². The van der Waals surface area contributed by atoms with Crippen LogP contribution in [0, 0.1) is 0 Å². The van der Waals surface area contributed by atoms with E-state index in [-0.39, 0.29) is 0 Å². The van der Waals surface area contributed by atoms with Crippen LogP contribution in [0.1, 0.15) is 0 Å². The lowest BCUT2D eigenvalue weighted by atomic mass is 9.97. The van der Waals surface area contributed by atoms with Gasteiger partial charge in [-0.25, -0.2) is 0 Å². The van der Waals surface area contributed by atoms with E-state index in [4.69, 9.17) is 4.42 Å². The van der Waals surface area contributed by atoms with Gasteiger partial charge in [0.2, 0.25) is 0 Å². The number of fused-ring (bicyclic) bond motifs is 6. The SMILES string of the molecule is c1ccc(-c2ccc(N(c3ccc(-c4ccc(-c5ccccc5-n5c6ccccc6c6ccccc65)cc4)cc3)c3ccc(-c4cccc(-c5cccc6c5oc5ccccc56)c4)cc3)cc2)cc1. The monoisotopic (exact) mass is 880 g/mol. The van der Waals surface area contributed by atoms with Crippen LogP contribution in [-0.4, -0.2) is 4.57 Å². The molecule has 3 heteroatoms. The van der Waals surface area contributed by atoms with E-state index in [0.717, 1.165) is 66.8 Å². The van der Waals surface area contributed by atoms with E-state index in [1.807, 2.05) is 12.1 Å². The predicted octanol–water partition coefficient (Wildman–Crippen LogP) is 18.5. The zero-order chi connectivity index (χ0) is 45.7. The Kier molecular flexibility index (Phi) is 9.84. The molecule has 11 aromatic carbocycles. The zero-order valence-electron chi connectivity index (χ0n) is 37.7. The summed E-state index contributed by atoms with van der Waals surface area (Å²) in [6.07, 6.45) is 0. The minimum atomic E-state index is 0.906. The Labute approximate surface area is 401 Å². The molecule has 0 bridgehead atoms. The van der Waals surface area contributed by atoms with Gasteiger partial charge in [-0.15, -0.1) is 0 Å². The summed E-state index contributed by atoms with van der Waals surface area (Å²) in [7, 11) is 0. The first-order valence-corrected chi connectivity index (χ1v) is 23.6. The van der Waals surface area contributed by atoms with E-state index < -0.39 is 0 Å². The molecule has 324 valence electrons. The maximum Gasteiger partial charge on any atom is 0.143 e. The standard InChI is InChI=1S/C66H44N2O/c1-2-14-45(15-3-1)47-32-38-53(39-33-47)67(55-42-36-49(37-43-55)51-16-12-17-52(44-51)57-22-13-23-61-60-21-7-11-27-65(60)69-66(57)61)54-40-34-48(35-41-54)46-28-30-50(31-29-46)56-18-4-8-24-62(56)68-63-25-9-5-19-58(63)59-20-6-10-26-64(59)68/h1-44H. The van der Waals surface area contributed by atoms with E-state index in [1.54, 1.807) is 0 Å². The number of nitrogens with zero attached hydrogens (tertiary/aromatic N) is 2. The first kappa shape index (κ1) is 40.1. The third kappa shape index (κ3) is 7.16. The predicted molar refractivity (Wildman–Crippen MR) is 290 cm³/mol. The molecule has 0 N–H and O–H groups in total. The first-order chi connectivity index (χ1) is 34.2. The Morgan fingerprint density at radius 2 is 0.696 bits per heavy atom. The van der Waals surface area contributed by atoms with Gasteiger partial charge in [0.1, 0.15) is 11.2 Å². The number of hydrogen-bond acceptors (Lipinski definition) is 2. The van der Waals surface area contributed by atoms with Crippen molar-refractivity contribution < 1.29 is 4.42 Å². The van der Waals surface area contributed by atoms with Crippen LogP contribution in [0.25, 0.3) is 105 Å². The Balaban J connectivity index is 0.823. The number of benzene rings is 11. The molecule has 0 atom stereocenters. The molecule has 0 fully saturated rings. The van der Waals surface area contributed by atoms with Crippen molar-refractivity contribution in [3.8, 4) is 61.3 Å². The highest BCUT2D eigenvalue weighted by molar-refractivity contribution is 6.11. The summed E-state index contributed by atoms with van der Waals surface area (Å²) in [5, 5.41) is 4.79. The zero-order valence-corrected chi connectivity index (χ0v) is 37.7. The van der Waals surface area contributed by atoms with Crippen molar-refractivity contribution in [1.29, 1.82) is 0 Å². The molecule has 69 heavy (non-hydrogen) atoms. The largest absolute Gasteiger partial charge is 0.455 e. The first-order valence-electron chi connectivity index (χ1n) is 23.6.